The Labute approximate surface area is 114 Å². The van der Waals surface area contributed by atoms with Crippen molar-refractivity contribution in [2.24, 2.45) is 0 Å². The lowest BCUT2D eigenvalue weighted by molar-refractivity contribution is -0.137. The Kier molecular flexibility index (Phi) is 3.71. The molecular weight excluding hydrogens is 300 g/mol. The van der Waals surface area contributed by atoms with E-state index in [0.29, 0.717) is 24.4 Å². The van der Waals surface area contributed by atoms with Crippen LogP contribution in [0.2, 0.25) is 0 Å². The molecule has 0 aliphatic rings. The number of benzene rings is 1. The Balaban J connectivity index is 2.56. The molecule has 0 atom stereocenters. The van der Waals surface area contributed by atoms with Crippen LogP contribution in [0.5, 0.6) is 0 Å². The van der Waals surface area contributed by atoms with Crippen LogP contribution in [0.1, 0.15) is 21.5 Å². The summed E-state index contributed by atoms with van der Waals surface area (Å²) >= 11 is 0. The maximum Gasteiger partial charge on any atom is 0.417 e. The van der Waals surface area contributed by atoms with E-state index >= 15 is 0 Å². The lowest BCUT2D eigenvalue weighted by Crippen LogP contribution is -2.14. The summed E-state index contributed by atoms with van der Waals surface area (Å²) in [5, 5.41) is 0. The SMILES string of the molecule is O=C(c1cc(F)c(F)c(F)c1)c1cnccc1C(F)(F)F. The molecule has 0 spiro atoms. The van der Waals surface area contributed by atoms with Crippen molar-refractivity contribution in [3.8, 4) is 0 Å². The maximum absolute atomic E-state index is 13.0. The van der Waals surface area contributed by atoms with E-state index < -0.39 is 46.1 Å². The van der Waals surface area contributed by atoms with Crippen LogP contribution in [0.15, 0.2) is 30.6 Å². The first-order chi connectivity index (χ1) is 9.71. The molecule has 0 saturated heterocycles. The Morgan fingerprint density at radius 1 is 1.05 bits per heavy atom. The summed E-state index contributed by atoms with van der Waals surface area (Å²) in [6.07, 6.45) is -3.39. The first-order valence-electron chi connectivity index (χ1n) is 5.42. The fourth-order valence-corrected chi connectivity index (χ4v) is 1.66. The molecule has 0 aliphatic carbocycles. The van der Waals surface area contributed by atoms with E-state index in [0.717, 1.165) is 6.20 Å². The minimum absolute atomic E-state index is 0.327. The van der Waals surface area contributed by atoms with Crippen LogP contribution in [-0.2, 0) is 6.18 Å². The highest BCUT2D eigenvalue weighted by Crippen LogP contribution is 2.32. The van der Waals surface area contributed by atoms with Gasteiger partial charge in [-0.3, -0.25) is 9.78 Å². The second-order valence-electron chi connectivity index (χ2n) is 4.00. The van der Waals surface area contributed by atoms with Gasteiger partial charge in [0, 0.05) is 18.0 Å². The van der Waals surface area contributed by atoms with Crippen LogP contribution in [-0.4, -0.2) is 10.8 Å². The second-order valence-corrected chi connectivity index (χ2v) is 4.00. The molecule has 2 nitrogen and oxygen atoms in total. The Morgan fingerprint density at radius 2 is 1.62 bits per heavy atom. The van der Waals surface area contributed by atoms with E-state index in [1.807, 2.05) is 0 Å². The number of carbonyl (C=O) groups excluding carboxylic acids is 1. The summed E-state index contributed by atoms with van der Waals surface area (Å²) in [7, 11) is 0. The highest BCUT2D eigenvalue weighted by Gasteiger charge is 2.35. The quantitative estimate of drug-likeness (QED) is 0.480. The van der Waals surface area contributed by atoms with Crippen molar-refractivity contribution in [2.75, 3.05) is 0 Å². The predicted octanol–water partition coefficient (Wildman–Crippen LogP) is 3.75. The van der Waals surface area contributed by atoms with Gasteiger partial charge in [-0.25, -0.2) is 13.2 Å². The van der Waals surface area contributed by atoms with Gasteiger partial charge in [0.05, 0.1) is 11.1 Å². The lowest BCUT2D eigenvalue weighted by Gasteiger charge is -2.11. The molecule has 2 aromatic rings. The van der Waals surface area contributed by atoms with Gasteiger partial charge >= 0.3 is 6.18 Å². The van der Waals surface area contributed by atoms with Gasteiger partial charge in [0.2, 0.25) is 0 Å². The van der Waals surface area contributed by atoms with Crippen molar-refractivity contribution in [1.29, 1.82) is 0 Å². The molecule has 21 heavy (non-hydrogen) atoms. The smallest absolute Gasteiger partial charge is 0.289 e. The number of hydrogen-bond donors (Lipinski definition) is 0. The number of aromatic nitrogens is 1. The van der Waals surface area contributed by atoms with Gasteiger partial charge in [0.15, 0.2) is 23.2 Å². The number of hydrogen-bond acceptors (Lipinski definition) is 2. The van der Waals surface area contributed by atoms with E-state index in [1.54, 1.807) is 0 Å². The van der Waals surface area contributed by atoms with E-state index in [2.05, 4.69) is 4.98 Å². The van der Waals surface area contributed by atoms with Crippen molar-refractivity contribution in [2.45, 2.75) is 6.18 Å². The molecule has 0 N–H and O–H groups in total. The van der Waals surface area contributed by atoms with Crippen LogP contribution < -0.4 is 0 Å². The average Bonchev–Trinajstić information content (AvgIpc) is 2.42. The monoisotopic (exact) mass is 305 g/mol. The molecule has 2 rings (SSSR count). The van der Waals surface area contributed by atoms with Gasteiger partial charge in [-0.15, -0.1) is 0 Å². The molecule has 110 valence electrons. The van der Waals surface area contributed by atoms with Crippen LogP contribution >= 0.6 is 0 Å². The fourth-order valence-electron chi connectivity index (χ4n) is 1.66. The normalized spacial score (nSPS) is 11.5. The average molecular weight is 305 g/mol. The molecular formula is C13H5F6NO. The molecule has 0 fully saturated rings. The molecule has 0 saturated carbocycles. The summed E-state index contributed by atoms with van der Waals surface area (Å²) < 4.78 is 77.2. The van der Waals surface area contributed by atoms with E-state index in [-0.39, 0.29) is 0 Å². The van der Waals surface area contributed by atoms with Gasteiger partial charge < -0.3 is 0 Å². The van der Waals surface area contributed by atoms with Crippen molar-refractivity contribution in [3.63, 3.8) is 0 Å². The Bertz CT molecular complexity index is 687. The fraction of sp³-hybridized carbons (Fsp3) is 0.0769. The van der Waals surface area contributed by atoms with Gasteiger partial charge in [-0.05, 0) is 18.2 Å². The van der Waals surface area contributed by atoms with Crippen molar-refractivity contribution in [1.82, 2.24) is 4.98 Å². The molecule has 8 heteroatoms. The lowest BCUT2D eigenvalue weighted by atomic mass is 10.00. The third kappa shape index (κ3) is 2.88. The highest BCUT2D eigenvalue weighted by atomic mass is 19.4. The molecule has 1 heterocycles. The van der Waals surface area contributed by atoms with E-state index in [4.69, 9.17) is 0 Å². The summed E-state index contributed by atoms with van der Waals surface area (Å²) in [6, 6.07) is 1.21. The van der Waals surface area contributed by atoms with Crippen molar-refractivity contribution in [3.05, 3.63) is 64.7 Å². The molecule has 0 radical (unpaired) electrons. The number of alkyl halides is 3. The number of halogens is 6. The molecule has 0 amide bonds. The van der Waals surface area contributed by atoms with Crippen LogP contribution in [0, 0.1) is 17.5 Å². The topological polar surface area (TPSA) is 30.0 Å². The zero-order valence-electron chi connectivity index (χ0n) is 10.0. The summed E-state index contributed by atoms with van der Waals surface area (Å²) in [6.45, 7) is 0. The largest absolute Gasteiger partial charge is 0.417 e. The second kappa shape index (κ2) is 5.19. The zero-order chi connectivity index (χ0) is 15.8. The van der Waals surface area contributed by atoms with E-state index in [9.17, 15) is 31.1 Å². The summed E-state index contributed by atoms with van der Waals surface area (Å²) in [5.74, 6) is -6.46. The maximum atomic E-state index is 13.0. The minimum atomic E-state index is -4.84. The van der Waals surface area contributed by atoms with Gasteiger partial charge in [-0.1, -0.05) is 0 Å². The molecule has 1 aromatic carbocycles. The van der Waals surface area contributed by atoms with Crippen molar-refractivity contribution >= 4 is 5.78 Å². The molecule has 0 bridgehead atoms. The van der Waals surface area contributed by atoms with Crippen LogP contribution in [0.4, 0.5) is 26.3 Å². The minimum Gasteiger partial charge on any atom is -0.289 e. The number of carbonyl (C=O) groups is 1. The van der Waals surface area contributed by atoms with Gasteiger partial charge in [0.25, 0.3) is 0 Å². The van der Waals surface area contributed by atoms with Crippen LogP contribution in [0.25, 0.3) is 0 Å². The van der Waals surface area contributed by atoms with Gasteiger partial charge in [0.1, 0.15) is 0 Å². The summed E-state index contributed by atoms with van der Waals surface area (Å²) in [5.41, 5.74) is -2.92. The zero-order valence-corrected chi connectivity index (χ0v) is 10.0. The van der Waals surface area contributed by atoms with Gasteiger partial charge in [-0.2, -0.15) is 13.2 Å². The van der Waals surface area contributed by atoms with Crippen LogP contribution in [0.3, 0.4) is 0 Å². The number of pyridine rings is 1. The first kappa shape index (κ1) is 15.0. The van der Waals surface area contributed by atoms with Crippen molar-refractivity contribution < 1.29 is 31.1 Å². The molecule has 0 unspecified atom stereocenters. The Hall–Kier alpha value is -2.38. The first-order valence-corrected chi connectivity index (χ1v) is 5.42. The Morgan fingerprint density at radius 3 is 2.14 bits per heavy atom. The standard InChI is InChI=1S/C13H5F6NO/c14-9-3-6(4-10(15)11(9)16)12(21)7-5-20-2-1-8(7)13(17,18)19/h1-5H. The number of nitrogens with zero attached hydrogens (tertiary/aromatic N) is 1. The predicted molar refractivity (Wildman–Crippen MR) is 59.0 cm³/mol. The molecule has 1 aromatic heterocycles. The third-order valence-electron chi connectivity index (χ3n) is 2.62. The number of rotatable bonds is 2. The summed E-state index contributed by atoms with van der Waals surface area (Å²) in [4.78, 5) is 15.3. The van der Waals surface area contributed by atoms with E-state index in [1.165, 1.54) is 0 Å². The number of ketones is 1. The highest BCUT2D eigenvalue weighted by molar-refractivity contribution is 6.09. The third-order valence-corrected chi connectivity index (χ3v) is 2.62. The molecule has 0 aliphatic heterocycles.